The number of primary amides is 1. The van der Waals surface area contributed by atoms with Crippen molar-refractivity contribution in [2.75, 3.05) is 0 Å². The largest absolute Gasteiger partial charge is 0.480 e. The molecule has 0 radical (unpaired) electrons. The topological polar surface area (TPSA) is 109 Å². The number of nitrogens with two attached hydrogens (primary N) is 1. The number of carbonyl (C=O) groups excluding carboxylic acids is 2. The molecule has 0 spiro atoms. The maximum absolute atomic E-state index is 13.4. The Balaban J connectivity index is 2.90. The number of rotatable bonds is 5. The number of aliphatic carboxylic acids is 1. The third-order valence-corrected chi connectivity index (χ3v) is 2.68. The predicted octanol–water partition coefficient (Wildman–Crippen LogP) is 0.647. The van der Waals surface area contributed by atoms with E-state index in [9.17, 15) is 18.8 Å². The Hall–Kier alpha value is -1.96. The van der Waals surface area contributed by atoms with E-state index in [1.807, 2.05) is 5.32 Å². The van der Waals surface area contributed by atoms with Crippen LogP contribution in [-0.2, 0) is 9.59 Å². The van der Waals surface area contributed by atoms with Crippen LogP contribution in [-0.4, -0.2) is 28.9 Å². The third kappa shape index (κ3) is 4.32. The van der Waals surface area contributed by atoms with E-state index >= 15 is 0 Å². The molecule has 0 aliphatic rings. The molecule has 0 bridgehead atoms. The Kier molecular flexibility index (Phi) is 4.99. The second-order valence-corrected chi connectivity index (χ2v) is 4.57. The molecular weight excluding hydrogens is 323 g/mol. The molecule has 1 aromatic carbocycles. The normalized spacial score (nSPS) is 11.7. The summed E-state index contributed by atoms with van der Waals surface area (Å²) in [6, 6.07) is 2.16. The van der Waals surface area contributed by atoms with Crippen molar-refractivity contribution in [1.82, 2.24) is 5.32 Å². The first kappa shape index (κ1) is 15.1. The number of benzene rings is 1. The molecule has 102 valence electrons. The lowest BCUT2D eigenvalue weighted by molar-refractivity contribution is -0.140. The van der Waals surface area contributed by atoms with Gasteiger partial charge < -0.3 is 16.2 Å². The monoisotopic (exact) mass is 332 g/mol. The molecule has 0 saturated carbocycles. The number of hydrogen-bond acceptors (Lipinski definition) is 3. The molecule has 8 heteroatoms. The van der Waals surface area contributed by atoms with Crippen molar-refractivity contribution < 1.29 is 23.9 Å². The van der Waals surface area contributed by atoms with Crippen molar-refractivity contribution in [2.45, 2.75) is 12.5 Å². The van der Waals surface area contributed by atoms with Crippen LogP contribution in [0.25, 0.3) is 0 Å². The van der Waals surface area contributed by atoms with Crippen LogP contribution in [0, 0.1) is 5.82 Å². The van der Waals surface area contributed by atoms with Gasteiger partial charge in [0.25, 0.3) is 5.91 Å². The van der Waals surface area contributed by atoms with Crippen molar-refractivity contribution in [3.8, 4) is 0 Å². The highest BCUT2D eigenvalue weighted by molar-refractivity contribution is 9.10. The summed E-state index contributed by atoms with van der Waals surface area (Å²) in [6.45, 7) is 0. The fraction of sp³-hybridized carbons (Fsp3) is 0.182. The van der Waals surface area contributed by atoms with Crippen LogP contribution in [0.5, 0.6) is 0 Å². The first-order valence-corrected chi connectivity index (χ1v) is 5.87. The lowest BCUT2D eigenvalue weighted by Gasteiger charge is -2.13. The zero-order chi connectivity index (χ0) is 14.6. The summed E-state index contributed by atoms with van der Waals surface area (Å²) < 4.78 is 13.9. The summed E-state index contributed by atoms with van der Waals surface area (Å²) in [7, 11) is 0. The molecule has 0 saturated heterocycles. The van der Waals surface area contributed by atoms with Crippen molar-refractivity contribution in [3.05, 3.63) is 34.1 Å². The van der Waals surface area contributed by atoms with E-state index in [0.29, 0.717) is 4.47 Å². The lowest BCUT2D eigenvalue weighted by Crippen LogP contribution is -2.43. The highest BCUT2D eigenvalue weighted by atomic mass is 79.9. The number of carbonyl (C=O) groups is 3. The van der Waals surface area contributed by atoms with Crippen LogP contribution < -0.4 is 11.1 Å². The number of halogens is 2. The molecule has 0 aliphatic carbocycles. The molecule has 6 nitrogen and oxygen atoms in total. The second kappa shape index (κ2) is 6.28. The molecule has 19 heavy (non-hydrogen) atoms. The number of carboxylic acid groups (broad SMARTS) is 1. The Morgan fingerprint density at radius 2 is 2.05 bits per heavy atom. The zero-order valence-electron chi connectivity index (χ0n) is 9.52. The summed E-state index contributed by atoms with van der Waals surface area (Å²) in [4.78, 5) is 33.2. The van der Waals surface area contributed by atoms with Crippen molar-refractivity contribution in [3.63, 3.8) is 0 Å². The summed E-state index contributed by atoms with van der Waals surface area (Å²) in [5.74, 6) is -4.05. The molecule has 0 aliphatic heterocycles. The van der Waals surface area contributed by atoms with Gasteiger partial charge in [0.15, 0.2) is 0 Å². The van der Waals surface area contributed by atoms with E-state index < -0.39 is 36.1 Å². The highest BCUT2D eigenvalue weighted by Crippen LogP contribution is 2.15. The van der Waals surface area contributed by atoms with Crippen molar-refractivity contribution in [1.29, 1.82) is 0 Å². The first-order chi connectivity index (χ1) is 8.81. The van der Waals surface area contributed by atoms with E-state index in [0.717, 1.165) is 6.07 Å². The van der Waals surface area contributed by atoms with Gasteiger partial charge in [-0.25, -0.2) is 9.18 Å². The summed E-state index contributed by atoms with van der Waals surface area (Å²) in [5, 5.41) is 10.8. The van der Waals surface area contributed by atoms with Crippen LogP contribution >= 0.6 is 15.9 Å². The van der Waals surface area contributed by atoms with E-state index in [1.165, 1.54) is 12.1 Å². The molecular formula is C11H10BrFN2O4. The SMILES string of the molecule is NC(=O)C[C@H](NC(=O)c1cc(Br)ccc1F)C(=O)O. The molecule has 4 N–H and O–H groups in total. The standard InChI is InChI=1S/C11H10BrFN2O4/c12-5-1-2-7(13)6(3-5)10(17)15-8(11(18)19)4-9(14)16/h1-3,8H,4H2,(H2,14,16)(H,15,17)(H,18,19)/t8-/m0/s1. The van der Waals surface area contributed by atoms with Crippen molar-refractivity contribution >= 4 is 33.7 Å². The van der Waals surface area contributed by atoms with Gasteiger partial charge in [-0.3, -0.25) is 9.59 Å². The molecule has 0 aromatic heterocycles. The minimum Gasteiger partial charge on any atom is -0.480 e. The maximum atomic E-state index is 13.4. The predicted molar refractivity (Wildman–Crippen MR) is 66.8 cm³/mol. The van der Waals surface area contributed by atoms with Gasteiger partial charge in [-0.1, -0.05) is 15.9 Å². The number of hydrogen-bond donors (Lipinski definition) is 3. The minimum absolute atomic E-state index is 0.329. The molecule has 1 rings (SSSR count). The second-order valence-electron chi connectivity index (χ2n) is 3.66. The Labute approximate surface area is 115 Å². The van der Waals surface area contributed by atoms with Gasteiger partial charge in [0.05, 0.1) is 12.0 Å². The number of carboxylic acids is 1. The zero-order valence-corrected chi connectivity index (χ0v) is 11.1. The Morgan fingerprint density at radius 1 is 1.42 bits per heavy atom. The average Bonchev–Trinajstić information content (AvgIpc) is 2.30. The average molecular weight is 333 g/mol. The minimum atomic E-state index is -1.50. The maximum Gasteiger partial charge on any atom is 0.326 e. The van der Waals surface area contributed by atoms with Gasteiger partial charge in [-0.05, 0) is 18.2 Å². The number of amides is 2. The van der Waals surface area contributed by atoms with E-state index in [-0.39, 0.29) is 5.56 Å². The van der Waals surface area contributed by atoms with Gasteiger partial charge in [0.1, 0.15) is 11.9 Å². The molecule has 0 heterocycles. The third-order valence-electron chi connectivity index (χ3n) is 2.18. The van der Waals surface area contributed by atoms with Gasteiger partial charge in [0.2, 0.25) is 5.91 Å². The molecule has 2 amide bonds. The fourth-order valence-electron chi connectivity index (χ4n) is 1.31. The van der Waals surface area contributed by atoms with Gasteiger partial charge in [0, 0.05) is 4.47 Å². The smallest absolute Gasteiger partial charge is 0.326 e. The van der Waals surface area contributed by atoms with Crippen LogP contribution in [0.4, 0.5) is 4.39 Å². The fourth-order valence-corrected chi connectivity index (χ4v) is 1.67. The van der Waals surface area contributed by atoms with E-state index in [4.69, 9.17) is 10.8 Å². The van der Waals surface area contributed by atoms with Crippen LogP contribution in [0.2, 0.25) is 0 Å². The summed E-state index contributed by atoms with van der Waals surface area (Å²) in [5.41, 5.74) is 4.54. The van der Waals surface area contributed by atoms with Gasteiger partial charge in [-0.15, -0.1) is 0 Å². The molecule has 0 unspecified atom stereocenters. The number of nitrogens with one attached hydrogen (secondary N) is 1. The first-order valence-electron chi connectivity index (χ1n) is 5.08. The molecule has 1 aromatic rings. The Bertz CT molecular complexity index is 535. The van der Waals surface area contributed by atoms with E-state index in [1.54, 1.807) is 0 Å². The molecule has 1 atom stereocenters. The summed E-state index contributed by atoms with van der Waals surface area (Å²) >= 11 is 3.06. The van der Waals surface area contributed by atoms with Crippen LogP contribution in [0.3, 0.4) is 0 Å². The lowest BCUT2D eigenvalue weighted by atomic mass is 10.1. The van der Waals surface area contributed by atoms with Crippen LogP contribution in [0.15, 0.2) is 22.7 Å². The summed E-state index contributed by atoms with van der Waals surface area (Å²) in [6.07, 6.45) is -0.573. The van der Waals surface area contributed by atoms with Gasteiger partial charge >= 0.3 is 5.97 Å². The van der Waals surface area contributed by atoms with Crippen molar-refractivity contribution in [2.24, 2.45) is 5.73 Å². The van der Waals surface area contributed by atoms with E-state index in [2.05, 4.69) is 15.9 Å². The Morgan fingerprint density at radius 3 is 2.58 bits per heavy atom. The quantitative estimate of drug-likeness (QED) is 0.735. The highest BCUT2D eigenvalue weighted by Gasteiger charge is 2.24. The van der Waals surface area contributed by atoms with Gasteiger partial charge in [-0.2, -0.15) is 0 Å². The molecule has 0 fully saturated rings. The van der Waals surface area contributed by atoms with Crippen LogP contribution in [0.1, 0.15) is 16.8 Å².